The summed E-state index contributed by atoms with van der Waals surface area (Å²) in [5.41, 5.74) is 0.842. The average molecular weight is 808 g/mol. The molecule has 4 aliphatic heterocycles. The van der Waals surface area contributed by atoms with Gasteiger partial charge in [-0.05, 0) is 87.6 Å². The van der Waals surface area contributed by atoms with Crippen molar-refractivity contribution < 1.29 is 47.1 Å². The number of carbonyl (C=O) groups excluding carboxylic acids is 7. The van der Waals surface area contributed by atoms with E-state index in [1.54, 1.807) is 24.3 Å². The molecule has 4 aliphatic rings. The van der Waals surface area contributed by atoms with Crippen LogP contribution in [0.4, 0.5) is 19.3 Å². The quantitative estimate of drug-likeness (QED) is 0.321. The minimum atomic E-state index is -1.59. The lowest BCUT2D eigenvalue weighted by atomic mass is 9.91. The largest absolute Gasteiger partial charge is 0.461 e. The number of cyclic esters (lactones) is 1. The van der Waals surface area contributed by atoms with Crippen LogP contribution in [-0.2, 0) is 39.9 Å². The Morgan fingerprint density at radius 2 is 1.52 bits per heavy atom. The van der Waals surface area contributed by atoms with Crippen molar-refractivity contribution in [3.8, 4) is 0 Å². The summed E-state index contributed by atoms with van der Waals surface area (Å²) in [6.45, 7) is 7.01. The number of benzene rings is 2. The van der Waals surface area contributed by atoms with Gasteiger partial charge in [0.1, 0.15) is 54.5 Å². The van der Waals surface area contributed by atoms with Crippen molar-refractivity contribution in [3.63, 3.8) is 0 Å². The molecule has 17 heteroatoms. The van der Waals surface area contributed by atoms with Crippen molar-refractivity contribution in [1.29, 1.82) is 0 Å². The maximum absolute atomic E-state index is 14.5. The van der Waals surface area contributed by atoms with Crippen LogP contribution in [-0.4, -0.2) is 119 Å². The standard InChI is InChI=1S/C41H51F2N7O8/c1-23-10-12-28(13-11-23)45-40(57)47-29(18-25-16-26(42)19-27(43)17-25)34(51)46-30-21-58-39(56)33-20-41(3,4)22-50(33)36(53)24(2)44-35(52)31-8-5-6-14-48(31)38(55)32-9-7-15-49(32)37(30)54/h10-13,16-17,19,24,29-33H,5-9,14-15,18,20-22H2,1-4H3,(H,44,52)(H,46,51)(H2,45,47,57). The molecule has 6 rings (SSSR count). The van der Waals surface area contributed by atoms with Gasteiger partial charge in [-0.3, -0.25) is 24.0 Å². The molecule has 0 spiro atoms. The molecule has 4 fully saturated rings. The van der Waals surface area contributed by atoms with Gasteiger partial charge < -0.3 is 40.7 Å². The maximum atomic E-state index is 14.5. The monoisotopic (exact) mass is 807 g/mol. The van der Waals surface area contributed by atoms with Crippen LogP contribution in [0.25, 0.3) is 0 Å². The number of nitrogens with one attached hydrogen (secondary N) is 4. The number of carbonyl (C=O) groups is 7. The zero-order valence-electron chi connectivity index (χ0n) is 33.1. The van der Waals surface area contributed by atoms with E-state index in [1.165, 1.54) is 21.6 Å². The Morgan fingerprint density at radius 1 is 0.862 bits per heavy atom. The first kappa shape index (κ1) is 42.0. The first-order valence-electron chi connectivity index (χ1n) is 19.8. The van der Waals surface area contributed by atoms with Crippen molar-refractivity contribution in [2.75, 3.05) is 31.6 Å². The molecule has 4 N–H and O–H groups in total. The SMILES string of the molecule is Cc1ccc(NC(=O)NC(Cc2cc(F)cc(F)c2)C(=O)NC2COC(=O)C3CC(C)(C)CN3C(=O)C(C)NC(=O)C3CCCCN3C(=O)C3CCCN3C2=O)cc1. The Bertz CT molecular complexity index is 1920. The molecule has 6 atom stereocenters. The summed E-state index contributed by atoms with van der Waals surface area (Å²) in [6.07, 6.45) is 2.16. The lowest BCUT2D eigenvalue weighted by Crippen LogP contribution is -2.62. The molecule has 0 aromatic heterocycles. The molecule has 6 unspecified atom stereocenters. The Balaban J connectivity index is 1.32. The van der Waals surface area contributed by atoms with Gasteiger partial charge in [-0.15, -0.1) is 0 Å². The minimum Gasteiger partial charge on any atom is -0.461 e. The van der Waals surface area contributed by atoms with E-state index in [4.69, 9.17) is 4.74 Å². The third-order valence-electron chi connectivity index (χ3n) is 11.2. The van der Waals surface area contributed by atoms with Crippen molar-refractivity contribution in [1.82, 2.24) is 30.7 Å². The second-order valence-corrected chi connectivity index (χ2v) is 16.5. The van der Waals surface area contributed by atoms with Gasteiger partial charge in [0.15, 0.2) is 0 Å². The summed E-state index contributed by atoms with van der Waals surface area (Å²) in [5, 5.41) is 10.5. The number of anilines is 1. The molecule has 2 aromatic carbocycles. The van der Waals surface area contributed by atoms with Gasteiger partial charge in [0.2, 0.25) is 29.5 Å². The van der Waals surface area contributed by atoms with Crippen LogP contribution in [0.3, 0.4) is 0 Å². The summed E-state index contributed by atoms with van der Waals surface area (Å²) in [6, 6.07) is 1.56. The Hall–Kier alpha value is -5.61. The van der Waals surface area contributed by atoms with Crippen molar-refractivity contribution in [2.24, 2.45) is 5.41 Å². The fraction of sp³-hybridized carbons (Fsp3) is 0.537. The first-order valence-corrected chi connectivity index (χ1v) is 19.8. The highest BCUT2D eigenvalue weighted by atomic mass is 19.1. The van der Waals surface area contributed by atoms with Crippen molar-refractivity contribution in [2.45, 2.75) is 109 Å². The smallest absolute Gasteiger partial charge is 0.328 e. The number of nitrogens with zero attached hydrogens (tertiary/aromatic N) is 3. The molecule has 58 heavy (non-hydrogen) atoms. The topological polar surface area (TPSA) is 187 Å². The van der Waals surface area contributed by atoms with Crippen molar-refractivity contribution in [3.05, 3.63) is 65.2 Å². The van der Waals surface area contributed by atoms with E-state index < -0.39 is 108 Å². The maximum Gasteiger partial charge on any atom is 0.328 e. The minimum absolute atomic E-state index is 0.0252. The number of hydrogen-bond acceptors (Lipinski definition) is 8. The second kappa shape index (κ2) is 17.5. The van der Waals surface area contributed by atoms with Gasteiger partial charge in [-0.1, -0.05) is 31.5 Å². The lowest BCUT2D eigenvalue weighted by Gasteiger charge is -2.39. The average Bonchev–Trinajstić information content (AvgIpc) is 3.79. The van der Waals surface area contributed by atoms with E-state index >= 15 is 0 Å². The van der Waals surface area contributed by atoms with Crippen LogP contribution >= 0.6 is 0 Å². The molecule has 2 aromatic rings. The molecule has 0 bridgehead atoms. The number of halogens is 2. The number of esters is 1. The number of amides is 7. The van der Waals surface area contributed by atoms with Gasteiger partial charge in [-0.2, -0.15) is 0 Å². The zero-order chi connectivity index (χ0) is 41.9. The van der Waals surface area contributed by atoms with Crippen molar-refractivity contribution >= 4 is 47.2 Å². The lowest BCUT2D eigenvalue weighted by molar-refractivity contribution is -0.158. The molecule has 4 saturated heterocycles. The van der Waals surface area contributed by atoms with Gasteiger partial charge in [-0.25, -0.2) is 18.4 Å². The molecule has 0 saturated carbocycles. The summed E-state index contributed by atoms with van der Waals surface area (Å²) in [5.74, 6) is -5.85. The summed E-state index contributed by atoms with van der Waals surface area (Å²) in [4.78, 5) is 102. The number of urea groups is 1. The van der Waals surface area contributed by atoms with Gasteiger partial charge in [0, 0.05) is 37.8 Å². The molecule has 312 valence electrons. The highest BCUT2D eigenvalue weighted by Crippen LogP contribution is 2.35. The Morgan fingerprint density at radius 3 is 2.22 bits per heavy atom. The van der Waals surface area contributed by atoms with Crippen LogP contribution in [0.2, 0.25) is 0 Å². The van der Waals surface area contributed by atoms with Crippen LogP contribution in [0.1, 0.15) is 70.4 Å². The van der Waals surface area contributed by atoms with Crippen LogP contribution in [0.15, 0.2) is 42.5 Å². The van der Waals surface area contributed by atoms with Gasteiger partial charge in [0.25, 0.3) is 0 Å². The third kappa shape index (κ3) is 9.73. The van der Waals surface area contributed by atoms with Gasteiger partial charge >= 0.3 is 12.0 Å². The van der Waals surface area contributed by atoms with E-state index in [-0.39, 0.29) is 38.0 Å². The molecular weight excluding hydrogens is 756 g/mol. The number of ether oxygens (including phenoxy) is 1. The predicted molar refractivity (Wildman–Crippen MR) is 206 cm³/mol. The molecular formula is C41H51F2N7O8. The Kier molecular flexibility index (Phi) is 12.7. The normalized spacial score (nSPS) is 25.9. The molecule has 4 heterocycles. The molecule has 0 aliphatic carbocycles. The molecule has 7 amide bonds. The molecule has 0 radical (unpaired) electrons. The third-order valence-corrected chi connectivity index (χ3v) is 11.2. The van der Waals surface area contributed by atoms with E-state index in [2.05, 4.69) is 21.3 Å². The highest BCUT2D eigenvalue weighted by Gasteiger charge is 2.48. The van der Waals surface area contributed by atoms with Gasteiger partial charge in [0.05, 0.1) is 0 Å². The number of piperidine rings is 1. The second-order valence-electron chi connectivity index (χ2n) is 16.5. The summed E-state index contributed by atoms with van der Waals surface area (Å²) < 4.78 is 34.3. The number of rotatable bonds is 6. The molecule has 15 nitrogen and oxygen atoms in total. The number of fused-ring (bicyclic) bond motifs is 3. The number of aryl methyl sites for hydroxylation is 1. The fourth-order valence-electron chi connectivity index (χ4n) is 8.32. The first-order chi connectivity index (χ1) is 27.5. The van der Waals surface area contributed by atoms with Crippen LogP contribution < -0.4 is 21.3 Å². The van der Waals surface area contributed by atoms with E-state index in [9.17, 15) is 42.3 Å². The van der Waals surface area contributed by atoms with Crippen LogP contribution in [0, 0.1) is 24.0 Å². The summed E-state index contributed by atoms with van der Waals surface area (Å²) >= 11 is 0. The van der Waals surface area contributed by atoms with Crippen LogP contribution in [0.5, 0.6) is 0 Å². The zero-order valence-corrected chi connectivity index (χ0v) is 33.1. The Labute approximate surface area is 335 Å². The highest BCUT2D eigenvalue weighted by molar-refractivity contribution is 5.98. The number of hydrogen-bond donors (Lipinski definition) is 4. The fourth-order valence-corrected chi connectivity index (χ4v) is 8.32. The predicted octanol–water partition coefficient (Wildman–Crippen LogP) is 2.55. The summed E-state index contributed by atoms with van der Waals surface area (Å²) in [7, 11) is 0. The van der Waals surface area contributed by atoms with E-state index in [0.717, 1.165) is 17.7 Å². The van der Waals surface area contributed by atoms with E-state index in [0.29, 0.717) is 37.4 Å². The van der Waals surface area contributed by atoms with E-state index in [1.807, 2.05) is 20.8 Å².